The predicted octanol–water partition coefficient (Wildman–Crippen LogP) is 4.32. The Morgan fingerprint density at radius 1 is 1.16 bits per heavy atom. The SMILES string of the molecule is CCCc1ccc(-c2nc(-c3cc(C)c4oc(C(N)(CO)CN=O)cc4c3)no2)cc1. The summed E-state index contributed by atoms with van der Waals surface area (Å²) in [6, 6.07) is 13.6. The second-order valence-electron chi connectivity index (χ2n) is 7.79. The van der Waals surface area contributed by atoms with E-state index in [-0.39, 0.29) is 6.54 Å². The van der Waals surface area contributed by atoms with Crippen molar-refractivity contribution >= 4 is 11.0 Å². The Balaban J connectivity index is 1.68. The highest BCUT2D eigenvalue weighted by Gasteiger charge is 2.32. The lowest BCUT2D eigenvalue weighted by Gasteiger charge is -2.20. The van der Waals surface area contributed by atoms with Gasteiger partial charge < -0.3 is 19.8 Å². The Morgan fingerprint density at radius 2 is 1.94 bits per heavy atom. The Kier molecular flexibility index (Phi) is 5.67. The first kappa shape index (κ1) is 20.9. The van der Waals surface area contributed by atoms with Gasteiger partial charge in [-0.15, -0.1) is 0 Å². The molecule has 0 saturated carbocycles. The maximum Gasteiger partial charge on any atom is 0.258 e. The lowest BCUT2D eigenvalue weighted by molar-refractivity contribution is 0.182. The molecule has 0 saturated heterocycles. The molecule has 0 aliphatic carbocycles. The van der Waals surface area contributed by atoms with Crippen molar-refractivity contribution in [2.24, 2.45) is 10.9 Å². The summed E-state index contributed by atoms with van der Waals surface area (Å²) in [6.07, 6.45) is 2.13. The molecule has 0 radical (unpaired) electrons. The molecule has 0 aliphatic heterocycles. The number of nitroso groups, excluding NO2 is 1. The van der Waals surface area contributed by atoms with Gasteiger partial charge in [0, 0.05) is 16.5 Å². The molecule has 4 rings (SSSR count). The van der Waals surface area contributed by atoms with Crippen LogP contribution in [0.15, 0.2) is 56.6 Å². The summed E-state index contributed by atoms with van der Waals surface area (Å²) in [4.78, 5) is 15.3. The van der Waals surface area contributed by atoms with Gasteiger partial charge in [-0.05, 0) is 54.8 Å². The first-order valence-corrected chi connectivity index (χ1v) is 10.1. The number of aromatic nitrogens is 2. The summed E-state index contributed by atoms with van der Waals surface area (Å²) in [7, 11) is 0. The minimum absolute atomic E-state index is 0.291. The van der Waals surface area contributed by atoms with Gasteiger partial charge in [-0.2, -0.15) is 9.89 Å². The Labute approximate surface area is 179 Å². The maximum absolute atomic E-state index is 10.7. The fourth-order valence-corrected chi connectivity index (χ4v) is 3.58. The molecule has 2 heterocycles. The second-order valence-corrected chi connectivity index (χ2v) is 7.79. The van der Waals surface area contributed by atoms with E-state index in [1.54, 1.807) is 6.07 Å². The predicted molar refractivity (Wildman–Crippen MR) is 117 cm³/mol. The normalized spacial score (nSPS) is 13.4. The van der Waals surface area contributed by atoms with E-state index in [2.05, 4.69) is 34.4 Å². The molecular formula is C23H24N4O4. The molecule has 8 heteroatoms. The maximum atomic E-state index is 10.7. The minimum atomic E-state index is -1.36. The topological polar surface area (TPSA) is 128 Å². The molecule has 0 spiro atoms. The van der Waals surface area contributed by atoms with E-state index in [4.69, 9.17) is 14.7 Å². The highest BCUT2D eigenvalue weighted by molar-refractivity contribution is 5.86. The van der Waals surface area contributed by atoms with Gasteiger partial charge in [0.05, 0.1) is 6.61 Å². The van der Waals surface area contributed by atoms with E-state index in [1.165, 1.54) is 5.56 Å². The Hall–Kier alpha value is -3.36. The molecule has 31 heavy (non-hydrogen) atoms. The molecule has 0 aliphatic rings. The van der Waals surface area contributed by atoms with Crippen molar-refractivity contribution in [1.29, 1.82) is 0 Å². The standard InChI is InChI=1S/C23H24N4O4/c1-3-4-15-5-7-16(8-6-15)22-26-21(27-31-22)18-9-14(2)20-17(10-18)11-19(30-20)23(24,13-28)12-25-29/h5-11,28H,3-4,12-13,24H2,1-2H3. The Bertz CT molecular complexity index is 1210. The molecule has 0 amide bonds. The zero-order valence-electron chi connectivity index (χ0n) is 17.5. The zero-order chi connectivity index (χ0) is 22.0. The number of hydrogen-bond acceptors (Lipinski definition) is 8. The fourth-order valence-electron chi connectivity index (χ4n) is 3.58. The van der Waals surface area contributed by atoms with Gasteiger partial charge in [-0.1, -0.05) is 35.8 Å². The van der Waals surface area contributed by atoms with E-state index in [9.17, 15) is 10.0 Å². The average molecular weight is 420 g/mol. The van der Waals surface area contributed by atoms with E-state index >= 15 is 0 Å². The largest absolute Gasteiger partial charge is 0.459 e. The average Bonchev–Trinajstić information content (AvgIpc) is 3.43. The van der Waals surface area contributed by atoms with Crippen molar-refractivity contribution in [2.75, 3.05) is 13.2 Å². The van der Waals surface area contributed by atoms with Crippen molar-refractivity contribution < 1.29 is 14.0 Å². The van der Waals surface area contributed by atoms with Crippen LogP contribution in [0.1, 0.15) is 30.2 Å². The Morgan fingerprint density at radius 3 is 2.61 bits per heavy atom. The smallest absolute Gasteiger partial charge is 0.258 e. The summed E-state index contributed by atoms with van der Waals surface area (Å²) in [6.45, 7) is 3.29. The third kappa shape index (κ3) is 3.99. The molecule has 160 valence electrons. The molecule has 0 bridgehead atoms. The second kappa shape index (κ2) is 8.41. The van der Waals surface area contributed by atoms with Gasteiger partial charge in [-0.3, -0.25) is 0 Å². The van der Waals surface area contributed by atoms with Crippen molar-refractivity contribution in [2.45, 2.75) is 32.2 Å². The molecule has 2 aromatic carbocycles. The van der Waals surface area contributed by atoms with Crippen LogP contribution in [-0.4, -0.2) is 28.4 Å². The highest BCUT2D eigenvalue weighted by Crippen LogP contribution is 2.33. The zero-order valence-corrected chi connectivity index (χ0v) is 17.5. The van der Waals surface area contributed by atoms with Gasteiger partial charge in [0.25, 0.3) is 5.89 Å². The van der Waals surface area contributed by atoms with Crippen LogP contribution in [0.25, 0.3) is 33.8 Å². The van der Waals surface area contributed by atoms with Crippen LogP contribution in [-0.2, 0) is 12.0 Å². The summed E-state index contributed by atoms with van der Waals surface area (Å²) in [5, 5.41) is 17.4. The van der Waals surface area contributed by atoms with Crippen molar-refractivity contribution in [3.63, 3.8) is 0 Å². The number of aliphatic hydroxyl groups is 1. The van der Waals surface area contributed by atoms with Crippen LogP contribution >= 0.6 is 0 Å². The number of benzene rings is 2. The number of hydrogen-bond donors (Lipinski definition) is 2. The fraction of sp³-hybridized carbons (Fsp3) is 0.304. The summed E-state index contributed by atoms with van der Waals surface area (Å²) in [5.41, 5.74) is 9.09. The molecular weight excluding hydrogens is 396 g/mol. The number of nitrogens with zero attached hydrogens (tertiary/aromatic N) is 3. The van der Waals surface area contributed by atoms with Crippen LogP contribution in [0.2, 0.25) is 0 Å². The van der Waals surface area contributed by atoms with E-state index in [1.807, 2.05) is 31.2 Å². The third-order valence-electron chi connectivity index (χ3n) is 5.35. The molecule has 8 nitrogen and oxygen atoms in total. The van der Waals surface area contributed by atoms with Crippen LogP contribution in [0.5, 0.6) is 0 Å². The summed E-state index contributed by atoms with van der Waals surface area (Å²) < 4.78 is 11.3. The third-order valence-corrected chi connectivity index (χ3v) is 5.35. The quantitative estimate of drug-likeness (QED) is 0.406. The molecule has 0 fully saturated rings. The van der Waals surface area contributed by atoms with Gasteiger partial charge in [0.1, 0.15) is 23.4 Å². The monoisotopic (exact) mass is 420 g/mol. The lowest BCUT2D eigenvalue weighted by Crippen LogP contribution is -2.43. The van der Waals surface area contributed by atoms with Crippen LogP contribution in [0.3, 0.4) is 0 Å². The lowest BCUT2D eigenvalue weighted by atomic mass is 9.98. The summed E-state index contributed by atoms with van der Waals surface area (Å²) in [5.74, 6) is 1.20. The molecule has 1 unspecified atom stereocenters. The summed E-state index contributed by atoms with van der Waals surface area (Å²) >= 11 is 0. The highest BCUT2D eigenvalue weighted by atomic mass is 16.5. The molecule has 3 N–H and O–H groups in total. The van der Waals surface area contributed by atoms with E-state index < -0.39 is 12.1 Å². The van der Waals surface area contributed by atoms with Crippen LogP contribution < -0.4 is 5.73 Å². The molecule has 1 atom stereocenters. The first-order chi connectivity index (χ1) is 15.0. The van der Waals surface area contributed by atoms with Gasteiger partial charge >= 0.3 is 0 Å². The van der Waals surface area contributed by atoms with Crippen molar-refractivity contribution in [3.05, 3.63) is 64.3 Å². The number of fused-ring (bicyclic) bond motifs is 1. The van der Waals surface area contributed by atoms with Crippen molar-refractivity contribution in [1.82, 2.24) is 10.1 Å². The van der Waals surface area contributed by atoms with Gasteiger partial charge in [0.15, 0.2) is 0 Å². The van der Waals surface area contributed by atoms with E-state index in [0.717, 1.165) is 34.9 Å². The number of aryl methyl sites for hydroxylation is 2. The molecule has 2 aromatic heterocycles. The van der Waals surface area contributed by atoms with Gasteiger partial charge in [0.2, 0.25) is 5.82 Å². The van der Waals surface area contributed by atoms with Crippen LogP contribution in [0, 0.1) is 11.8 Å². The number of aliphatic hydroxyl groups excluding tert-OH is 1. The van der Waals surface area contributed by atoms with Crippen LogP contribution in [0.4, 0.5) is 0 Å². The minimum Gasteiger partial charge on any atom is -0.459 e. The molecule has 4 aromatic rings. The van der Waals surface area contributed by atoms with E-state index in [0.29, 0.717) is 23.1 Å². The van der Waals surface area contributed by atoms with Gasteiger partial charge in [-0.25, -0.2) is 0 Å². The number of nitrogens with two attached hydrogens (primary N) is 1. The number of furan rings is 1. The first-order valence-electron chi connectivity index (χ1n) is 10.1. The number of rotatable bonds is 8. The van der Waals surface area contributed by atoms with Crippen molar-refractivity contribution in [3.8, 4) is 22.8 Å².